The smallest absolute Gasteiger partial charge is 0.239 e. The van der Waals surface area contributed by atoms with E-state index in [9.17, 15) is 4.79 Å². The fourth-order valence-electron chi connectivity index (χ4n) is 1.48. The van der Waals surface area contributed by atoms with Crippen LogP contribution in [0.4, 0.5) is 11.8 Å². The van der Waals surface area contributed by atoms with Crippen molar-refractivity contribution >= 4 is 17.7 Å². The van der Waals surface area contributed by atoms with E-state index in [0.29, 0.717) is 24.2 Å². The number of rotatable bonds is 6. The summed E-state index contributed by atoms with van der Waals surface area (Å²) >= 11 is 0. The lowest BCUT2D eigenvalue weighted by molar-refractivity contribution is -0.119. The first-order chi connectivity index (χ1) is 8.92. The number of likely N-dealkylation sites (N-methyl/N-ethyl adjacent to an activating group) is 1. The molecule has 1 aromatic heterocycles. The third-order valence-electron chi connectivity index (χ3n) is 2.45. The SMILES string of the molecule is Cc1cc(N(C)CC(=O)NCC(C)C)nc(NN)n1. The van der Waals surface area contributed by atoms with E-state index < -0.39 is 0 Å². The van der Waals surface area contributed by atoms with Crippen LogP contribution in [-0.2, 0) is 4.79 Å². The Morgan fingerprint density at radius 1 is 1.47 bits per heavy atom. The molecule has 0 unspecified atom stereocenters. The number of carbonyl (C=O) groups excluding carboxylic acids is 1. The fourth-order valence-corrected chi connectivity index (χ4v) is 1.48. The molecule has 0 bridgehead atoms. The minimum absolute atomic E-state index is 0.0327. The summed E-state index contributed by atoms with van der Waals surface area (Å²) in [5.41, 5.74) is 3.19. The van der Waals surface area contributed by atoms with Gasteiger partial charge in [-0.15, -0.1) is 0 Å². The molecule has 0 saturated carbocycles. The van der Waals surface area contributed by atoms with Crippen molar-refractivity contribution in [2.75, 3.05) is 30.5 Å². The van der Waals surface area contributed by atoms with Gasteiger partial charge in [-0.3, -0.25) is 10.2 Å². The van der Waals surface area contributed by atoms with Gasteiger partial charge in [-0.1, -0.05) is 13.8 Å². The number of hydrazine groups is 1. The van der Waals surface area contributed by atoms with Crippen molar-refractivity contribution in [1.29, 1.82) is 0 Å². The Hall–Kier alpha value is -1.89. The Morgan fingerprint density at radius 3 is 2.74 bits per heavy atom. The molecule has 1 rings (SSSR count). The van der Waals surface area contributed by atoms with Crippen molar-refractivity contribution < 1.29 is 4.79 Å². The molecule has 1 heterocycles. The lowest BCUT2D eigenvalue weighted by atomic mass is 10.2. The van der Waals surface area contributed by atoms with Crippen LogP contribution >= 0.6 is 0 Å². The molecule has 0 atom stereocenters. The number of nitrogens with one attached hydrogen (secondary N) is 2. The molecule has 106 valence electrons. The number of amides is 1. The summed E-state index contributed by atoms with van der Waals surface area (Å²) in [5.74, 6) is 6.69. The lowest BCUT2D eigenvalue weighted by Crippen LogP contribution is -2.37. The highest BCUT2D eigenvalue weighted by molar-refractivity contribution is 5.80. The highest BCUT2D eigenvalue weighted by Crippen LogP contribution is 2.12. The minimum atomic E-state index is -0.0327. The maximum atomic E-state index is 11.7. The molecule has 0 spiro atoms. The number of nitrogens with two attached hydrogens (primary N) is 1. The van der Waals surface area contributed by atoms with Crippen LogP contribution in [0.1, 0.15) is 19.5 Å². The summed E-state index contributed by atoms with van der Waals surface area (Å²) in [5, 5.41) is 2.86. The zero-order valence-electron chi connectivity index (χ0n) is 11.9. The molecule has 4 N–H and O–H groups in total. The predicted octanol–water partition coefficient (Wildman–Crippen LogP) is 0.279. The van der Waals surface area contributed by atoms with Gasteiger partial charge < -0.3 is 10.2 Å². The molecule has 0 fully saturated rings. The second-order valence-electron chi connectivity index (χ2n) is 4.89. The molecule has 0 saturated heterocycles. The van der Waals surface area contributed by atoms with Crippen molar-refractivity contribution in [3.63, 3.8) is 0 Å². The highest BCUT2D eigenvalue weighted by Gasteiger charge is 2.10. The van der Waals surface area contributed by atoms with E-state index in [1.54, 1.807) is 18.0 Å². The quantitative estimate of drug-likeness (QED) is 0.505. The topological polar surface area (TPSA) is 96.2 Å². The standard InChI is InChI=1S/C12H22N6O/c1-8(2)6-14-11(19)7-18(4)10-5-9(3)15-12(16-10)17-13/h5,8H,6-7,13H2,1-4H3,(H,14,19)(H,15,16,17). The Bertz CT molecular complexity index is 434. The average Bonchev–Trinajstić information content (AvgIpc) is 2.35. The van der Waals surface area contributed by atoms with Crippen molar-refractivity contribution in [1.82, 2.24) is 15.3 Å². The summed E-state index contributed by atoms with van der Waals surface area (Å²) < 4.78 is 0. The zero-order valence-corrected chi connectivity index (χ0v) is 11.9. The first kappa shape index (κ1) is 15.2. The Balaban J connectivity index is 2.64. The minimum Gasteiger partial charge on any atom is -0.354 e. The summed E-state index contributed by atoms with van der Waals surface area (Å²) in [4.78, 5) is 21.8. The molecule has 0 aliphatic rings. The number of aryl methyl sites for hydroxylation is 1. The normalized spacial score (nSPS) is 10.4. The fraction of sp³-hybridized carbons (Fsp3) is 0.583. The van der Waals surface area contributed by atoms with Crippen LogP contribution in [0.25, 0.3) is 0 Å². The van der Waals surface area contributed by atoms with Gasteiger partial charge in [0.1, 0.15) is 5.82 Å². The summed E-state index contributed by atoms with van der Waals surface area (Å²) in [7, 11) is 1.80. The van der Waals surface area contributed by atoms with Gasteiger partial charge in [0.05, 0.1) is 6.54 Å². The highest BCUT2D eigenvalue weighted by atomic mass is 16.2. The summed E-state index contributed by atoms with van der Waals surface area (Å²) in [6.45, 7) is 6.87. The Labute approximate surface area is 113 Å². The van der Waals surface area contributed by atoms with E-state index in [-0.39, 0.29) is 12.5 Å². The van der Waals surface area contributed by atoms with Crippen LogP contribution in [-0.4, -0.2) is 36.0 Å². The molecule has 19 heavy (non-hydrogen) atoms. The number of nitrogen functional groups attached to an aromatic ring is 1. The van der Waals surface area contributed by atoms with E-state index in [2.05, 4.69) is 34.6 Å². The molecular weight excluding hydrogens is 244 g/mol. The number of carbonyl (C=O) groups is 1. The second kappa shape index (κ2) is 6.89. The van der Waals surface area contributed by atoms with E-state index in [1.807, 2.05) is 6.92 Å². The first-order valence-corrected chi connectivity index (χ1v) is 6.22. The average molecular weight is 266 g/mol. The molecule has 7 nitrogen and oxygen atoms in total. The van der Waals surface area contributed by atoms with Gasteiger partial charge in [0.2, 0.25) is 11.9 Å². The molecule has 1 amide bonds. The van der Waals surface area contributed by atoms with Gasteiger partial charge in [-0.2, -0.15) is 4.98 Å². The van der Waals surface area contributed by atoms with E-state index in [0.717, 1.165) is 5.69 Å². The molecule has 0 aliphatic heterocycles. The Morgan fingerprint density at radius 2 is 2.16 bits per heavy atom. The van der Waals surface area contributed by atoms with Crippen LogP contribution in [0, 0.1) is 12.8 Å². The largest absolute Gasteiger partial charge is 0.354 e. The molecule has 1 aromatic rings. The first-order valence-electron chi connectivity index (χ1n) is 6.22. The zero-order chi connectivity index (χ0) is 14.4. The third-order valence-corrected chi connectivity index (χ3v) is 2.45. The lowest BCUT2D eigenvalue weighted by Gasteiger charge is -2.19. The van der Waals surface area contributed by atoms with E-state index >= 15 is 0 Å². The molecule has 0 radical (unpaired) electrons. The van der Waals surface area contributed by atoms with Gasteiger partial charge in [0.15, 0.2) is 0 Å². The molecule has 0 aliphatic carbocycles. The number of anilines is 2. The van der Waals surface area contributed by atoms with Crippen molar-refractivity contribution in [3.8, 4) is 0 Å². The number of nitrogens with zero attached hydrogens (tertiary/aromatic N) is 3. The molecule has 7 heteroatoms. The molecule has 0 aromatic carbocycles. The number of aromatic nitrogens is 2. The number of hydrogen-bond donors (Lipinski definition) is 3. The van der Waals surface area contributed by atoms with Gasteiger partial charge in [0.25, 0.3) is 0 Å². The van der Waals surface area contributed by atoms with Gasteiger partial charge in [-0.05, 0) is 12.8 Å². The summed E-state index contributed by atoms with van der Waals surface area (Å²) in [6.07, 6.45) is 0. The van der Waals surface area contributed by atoms with Crippen molar-refractivity contribution in [3.05, 3.63) is 11.8 Å². The van der Waals surface area contributed by atoms with Crippen LogP contribution in [0.5, 0.6) is 0 Å². The van der Waals surface area contributed by atoms with E-state index in [4.69, 9.17) is 5.84 Å². The molecular formula is C12H22N6O. The van der Waals surface area contributed by atoms with Gasteiger partial charge >= 0.3 is 0 Å². The predicted molar refractivity (Wildman–Crippen MR) is 75.7 cm³/mol. The van der Waals surface area contributed by atoms with Crippen LogP contribution in [0.15, 0.2) is 6.07 Å². The van der Waals surface area contributed by atoms with E-state index in [1.165, 1.54) is 0 Å². The van der Waals surface area contributed by atoms with Crippen molar-refractivity contribution in [2.45, 2.75) is 20.8 Å². The third kappa shape index (κ3) is 5.09. The number of hydrogen-bond acceptors (Lipinski definition) is 6. The summed E-state index contributed by atoms with van der Waals surface area (Å²) in [6, 6.07) is 1.80. The van der Waals surface area contributed by atoms with Crippen LogP contribution in [0.3, 0.4) is 0 Å². The van der Waals surface area contributed by atoms with Crippen molar-refractivity contribution in [2.24, 2.45) is 11.8 Å². The van der Waals surface area contributed by atoms with Gasteiger partial charge in [0, 0.05) is 25.4 Å². The van der Waals surface area contributed by atoms with Crippen LogP contribution < -0.4 is 21.5 Å². The Kier molecular flexibility index (Phi) is 5.50. The maximum absolute atomic E-state index is 11.7. The second-order valence-corrected chi connectivity index (χ2v) is 4.89. The van der Waals surface area contributed by atoms with Crippen LogP contribution in [0.2, 0.25) is 0 Å². The maximum Gasteiger partial charge on any atom is 0.239 e. The monoisotopic (exact) mass is 266 g/mol. The van der Waals surface area contributed by atoms with Gasteiger partial charge in [-0.25, -0.2) is 10.8 Å².